The minimum atomic E-state index is 0.880. The summed E-state index contributed by atoms with van der Waals surface area (Å²) in [5, 5.41) is 0. The molecule has 0 unspecified atom stereocenters. The fourth-order valence-corrected chi connectivity index (χ4v) is 0.938. The third-order valence-electron chi connectivity index (χ3n) is 0.989. The van der Waals surface area contributed by atoms with Crippen LogP contribution in [-0.2, 0) is 0 Å². The number of rotatable bonds is 0. The van der Waals surface area contributed by atoms with Gasteiger partial charge in [0.2, 0.25) is 0 Å². The highest BCUT2D eigenvalue weighted by atomic mass is 127. The highest BCUT2D eigenvalue weighted by molar-refractivity contribution is 14.1. The summed E-state index contributed by atoms with van der Waals surface area (Å²) in [6.45, 7) is 0. The minimum absolute atomic E-state index is 0.880. The standard InChI is InChI=1S/C6H7IN/c7-5-1-3-6(8)4-2-5/h1,3-4H,2,8H2. The van der Waals surface area contributed by atoms with E-state index in [0.717, 1.165) is 12.1 Å². The second kappa shape index (κ2) is 2.53. The molecule has 1 aliphatic rings. The van der Waals surface area contributed by atoms with Gasteiger partial charge in [-0.2, -0.15) is 0 Å². The molecule has 0 aliphatic heterocycles. The van der Waals surface area contributed by atoms with Crippen LogP contribution in [-0.4, -0.2) is 0 Å². The summed E-state index contributed by atoms with van der Waals surface area (Å²) in [6.07, 6.45) is 6.98. The Balaban J connectivity index is 2.65. The fraction of sp³-hybridized carbons (Fsp3) is 0.167. The molecule has 0 spiro atoms. The van der Waals surface area contributed by atoms with E-state index >= 15 is 0 Å². The van der Waals surface area contributed by atoms with Crippen LogP contribution in [0.4, 0.5) is 0 Å². The van der Waals surface area contributed by atoms with Gasteiger partial charge in [0.05, 0.1) is 0 Å². The Labute approximate surface area is 62.8 Å². The van der Waals surface area contributed by atoms with Gasteiger partial charge < -0.3 is 5.73 Å². The third kappa shape index (κ3) is 1.51. The smallest absolute Gasteiger partial charge is 0.0123 e. The first-order chi connectivity index (χ1) is 3.79. The maximum Gasteiger partial charge on any atom is 0.0123 e. The molecule has 0 aromatic carbocycles. The quantitative estimate of drug-likeness (QED) is 0.618. The maximum absolute atomic E-state index is 5.45. The molecule has 1 nitrogen and oxygen atoms in total. The van der Waals surface area contributed by atoms with Gasteiger partial charge in [0.1, 0.15) is 0 Å². The molecule has 0 fully saturated rings. The molecule has 1 aliphatic carbocycles. The molecule has 0 bridgehead atoms. The van der Waals surface area contributed by atoms with E-state index in [1.54, 1.807) is 0 Å². The highest BCUT2D eigenvalue weighted by Gasteiger charge is 1.98. The summed E-state index contributed by atoms with van der Waals surface area (Å²) < 4.78 is 1.34. The first-order valence-corrected chi connectivity index (χ1v) is 3.52. The summed E-state index contributed by atoms with van der Waals surface area (Å²) in [4.78, 5) is 0. The lowest BCUT2D eigenvalue weighted by Crippen LogP contribution is -1.99. The fourth-order valence-electron chi connectivity index (χ4n) is 0.538. The van der Waals surface area contributed by atoms with Crippen molar-refractivity contribution in [2.24, 2.45) is 5.73 Å². The molecule has 43 valence electrons. The van der Waals surface area contributed by atoms with Gasteiger partial charge in [-0.15, -0.1) is 0 Å². The molecule has 2 N–H and O–H groups in total. The molecule has 0 atom stereocenters. The van der Waals surface area contributed by atoms with Crippen LogP contribution in [0.2, 0.25) is 0 Å². The van der Waals surface area contributed by atoms with Crippen molar-refractivity contribution >= 4 is 22.6 Å². The van der Waals surface area contributed by atoms with Gasteiger partial charge in [-0.3, -0.25) is 0 Å². The summed E-state index contributed by atoms with van der Waals surface area (Å²) in [7, 11) is 0. The van der Waals surface area contributed by atoms with E-state index in [-0.39, 0.29) is 0 Å². The second-order valence-corrected chi connectivity index (χ2v) is 3.07. The highest BCUT2D eigenvalue weighted by Crippen LogP contribution is 2.18. The lowest BCUT2D eigenvalue weighted by molar-refractivity contribution is 1.15. The van der Waals surface area contributed by atoms with Crippen LogP contribution in [0.25, 0.3) is 0 Å². The number of nitrogens with two attached hydrogens (primary N) is 1. The van der Waals surface area contributed by atoms with Crippen molar-refractivity contribution in [1.82, 2.24) is 0 Å². The Morgan fingerprint density at radius 2 is 2.25 bits per heavy atom. The Morgan fingerprint density at radius 3 is 2.62 bits per heavy atom. The van der Waals surface area contributed by atoms with Gasteiger partial charge >= 0.3 is 0 Å². The molecule has 0 amide bonds. The van der Waals surface area contributed by atoms with E-state index in [2.05, 4.69) is 22.6 Å². The van der Waals surface area contributed by atoms with E-state index in [9.17, 15) is 0 Å². The largest absolute Gasteiger partial charge is 0.402 e. The molecule has 2 heteroatoms. The lowest BCUT2D eigenvalue weighted by atomic mass is 10.1. The summed E-state index contributed by atoms with van der Waals surface area (Å²) in [5.41, 5.74) is 6.33. The number of hydrogen-bond donors (Lipinski definition) is 1. The molecule has 8 heavy (non-hydrogen) atoms. The number of halogens is 1. The van der Waals surface area contributed by atoms with Crippen LogP contribution >= 0.6 is 22.6 Å². The molecule has 0 aromatic rings. The van der Waals surface area contributed by atoms with Crippen LogP contribution in [0.3, 0.4) is 0 Å². The van der Waals surface area contributed by atoms with Crippen molar-refractivity contribution in [3.05, 3.63) is 27.8 Å². The first-order valence-electron chi connectivity index (χ1n) is 2.44. The van der Waals surface area contributed by atoms with Crippen LogP contribution < -0.4 is 5.73 Å². The molecular formula is C6H7IN. The zero-order valence-corrected chi connectivity index (χ0v) is 6.55. The lowest BCUT2D eigenvalue weighted by Gasteiger charge is -2.03. The summed E-state index contributed by atoms with van der Waals surface area (Å²) in [6, 6.07) is 0. The van der Waals surface area contributed by atoms with Crippen molar-refractivity contribution in [2.45, 2.75) is 6.42 Å². The Hall–Kier alpha value is 0.01000. The minimum Gasteiger partial charge on any atom is -0.402 e. The number of allylic oxidation sites excluding steroid dienone is 4. The van der Waals surface area contributed by atoms with E-state index in [4.69, 9.17) is 5.73 Å². The summed E-state index contributed by atoms with van der Waals surface area (Å²) in [5.74, 6) is 0. The monoisotopic (exact) mass is 220 g/mol. The normalized spacial score (nSPS) is 19.6. The maximum atomic E-state index is 5.45. The Morgan fingerprint density at radius 1 is 1.50 bits per heavy atom. The molecule has 0 heterocycles. The molecule has 1 rings (SSSR count). The van der Waals surface area contributed by atoms with Crippen molar-refractivity contribution in [3.63, 3.8) is 0 Å². The Bertz CT molecular complexity index is 129. The van der Waals surface area contributed by atoms with Gasteiger partial charge in [-0.05, 0) is 38.7 Å². The van der Waals surface area contributed by atoms with Crippen molar-refractivity contribution in [2.75, 3.05) is 0 Å². The SMILES string of the molecule is NC1=CC=C(I)C[CH]1. The number of hydrogen-bond acceptors (Lipinski definition) is 1. The van der Waals surface area contributed by atoms with Gasteiger partial charge in [-0.25, -0.2) is 0 Å². The topological polar surface area (TPSA) is 26.0 Å². The van der Waals surface area contributed by atoms with Crippen LogP contribution in [0.15, 0.2) is 21.4 Å². The van der Waals surface area contributed by atoms with Crippen LogP contribution in [0.5, 0.6) is 0 Å². The van der Waals surface area contributed by atoms with Crippen molar-refractivity contribution in [3.8, 4) is 0 Å². The first kappa shape index (κ1) is 6.13. The van der Waals surface area contributed by atoms with Gasteiger partial charge in [0.25, 0.3) is 0 Å². The van der Waals surface area contributed by atoms with E-state index in [1.807, 2.05) is 18.6 Å². The zero-order chi connectivity index (χ0) is 5.98. The van der Waals surface area contributed by atoms with Gasteiger partial charge in [0.15, 0.2) is 0 Å². The molecule has 0 saturated carbocycles. The van der Waals surface area contributed by atoms with Crippen LogP contribution in [0.1, 0.15) is 6.42 Å². The second-order valence-electron chi connectivity index (χ2n) is 1.69. The van der Waals surface area contributed by atoms with Crippen molar-refractivity contribution in [1.29, 1.82) is 0 Å². The van der Waals surface area contributed by atoms with E-state index in [1.165, 1.54) is 3.58 Å². The molecular weight excluding hydrogens is 213 g/mol. The molecule has 0 aromatic heterocycles. The third-order valence-corrected chi connectivity index (χ3v) is 1.79. The average molecular weight is 220 g/mol. The predicted molar refractivity (Wildman–Crippen MR) is 43.3 cm³/mol. The Kier molecular flexibility index (Phi) is 1.94. The average Bonchev–Trinajstić information content (AvgIpc) is 1.77. The van der Waals surface area contributed by atoms with E-state index in [0.29, 0.717) is 0 Å². The zero-order valence-electron chi connectivity index (χ0n) is 4.39. The summed E-state index contributed by atoms with van der Waals surface area (Å²) >= 11 is 2.30. The van der Waals surface area contributed by atoms with Crippen molar-refractivity contribution < 1.29 is 0 Å². The molecule has 1 radical (unpaired) electrons. The molecule has 0 saturated heterocycles. The van der Waals surface area contributed by atoms with Gasteiger partial charge in [-0.1, -0.05) is 6.08 Å². The van der Waals surface area contributed by atoms with E-state index < -0.39 is 0 Å². The van der Waals surface area contributed by atoms with Crippen LogP contribution in [0, 0.1) is 6.42 Å². The predicted octanol–water partition coefficient (Wildman–Crippen LogP) is 1.76. The van der Waals surface area contributed by atoms with Gasteiger partial charge in [0, 0.05) is 12.1 Å².